The Hall–Kier alpha value is -0.120. The van der Waals surface area contributed by atoms with Gasteiger partial charge in [-0.05, 0) is 58.7 Å². The van der Waals surface area contributed by atoms with Gasteiger partial charge in [0.25, 0.3) is 0 Å². The molecule has 2 aliphatic rings. The molecule has 3 nitrogen and oxygen atoms in total. The van der Waals surface area contributed by atoms with Crippen molar-refractivity contribution < 1.29 is 0 Å². The summed E-state index contributed by atoms with van der Waals surface area (Å²) in [6.45, 7) is 15.7. The van der Waals surface area contributed by atoms with E-state index in [-0.39, 0.29) is 0 Å². The van der Waals surface area contributed by atoms with Crippen LogP contribution in [0.5, 0.6) is 0 Å². The maximum Gasteiger partial charge on any atom is 0.0243 e. The first-order chi connectivity index (χ1) is 9.08. The molecule has 0 radical (unpaired) electrons. The van der Waals surface area contributed by atoms with Crippen molar-refractivity contribution in [3.8, 4) is 0 Å². The molecule has 0 aliphatic carbocycles. The maximum atomic E-state index is 3.84. The van der Waals surface area contributed by atoms with Crippen LogP contribution in [0.3, 0.4) is 0 Å². The number of rotatable bonds is 6. The van der Waals surface area contributed by atoms with Crippen molar-refractivity contribution in [2.24, 2.45) is 5.92 Å². The van der Waals surface area contributed by atoms with Crippen molar-refractivity contribution in [2.75, 3.05) is 32.7 Å². The predicted octanol–water partition coefficient (Wildman–Crippen LogP) is 2.18. The van der Waals surface area contributed by atoms with Crippen LogP contribution in [0.15, 0.2) is 0 Å². The van der Waals surface area contributed by atoms with Crippen molar-refractivity contribution in [3.05, 3.63) is 0 Å². The molecule has 2 heterocycles. The second-order valence-electron chi connectivity index (χ2n) is 7.04. The van der Waals surface area contributed by atoms with Gasteiger partial charge in [0, 0.05) is 31.2 Å². The van der Waals surface area contributed by atoms with E-state index in [1.165, 1.54) is 52.0 Å². The van der Waals surface area contributed by atoms with Gasteiger partial charge in [0.15, 0.2) is 0 Å². The average molecular weight is 267 g/mol. The lowest BCUT2D eigenvalue weighted by molar-refractivity contribution is 0.181. The molecular formula is C16H33N3. The first-order valence-electron chi connectivity index (χ1n) is 8.29. The minimum absolute atomic E-state index is 0.700. The second-order valence-corrected chi connectivity index (χ2v) is 7.04. The van der Waals surface area contributed by atoms with Crippen molar-refractivity contribution >= 4 is 0 Å². The van der Waals surface area contributed by atoms with E-state index in [9.17, 15) is 0 Å². The van der Waals surface area contributed by atoms with Crippen LogP contribution < -0.4 is 5.32 Å². The number of hydrogen-bond acceptors (Lipinski definition) is 3. The highest BCUT2D eigenvalue weighted by Gasteiger charge is 2.28. The van der Waals surface area contributed by atoms with Gasteiger partial charge in [0.1, 0.15) is 0 Å². The molecule has 0 spiro atoms. The second kappa shape index (κ2) is 7.05. The summed E-state index contributed by atoms with van der Waals surface area (Å²) in [4.78, 5) is 5.30. The Morgan fingerprint density at radius 1 is 1.00 bits per heavy atom. The molecule has 3 heteroatoms. The van der Waals surface area contributed by atoms with E-state index >= 15 is 0 Å². The number of nitrogens with one attached hydrogen (secondary N) is 1. The summed E-state index contributed by atoms with van der Waals surface area (Å²) in [5.74, 6) is 0.758. The Morgan fingerprint density at radius 2 is 1.68 bits per heavy atom. The highest BCUT2D eigenvalue weighted by atomic mass is 15.2. The predicted molar refractivity (Wildman–Crippen MR) is 82.5 cm³/mol. The lowest BCUT2D eigenvalue weighted by atomic mass is 10.0. The third-order valence-electron chi connectivity index (χ3n) is 4.94. The van der Waals surface area contributed by atoms with Crippen LogP contribution in [0.2, 0.25) is 0 Å². The van der Waals surface area contributed by atoms with Gasteiger partial charge in [-0.1, -0.05) is 13.8 Å². The van der Waals surface area contributed by atoms with Crippen molar-refractivity contribution in [2.45, 2.75) is 65.1 Å². The highest BCUT2D eigenvalue weighted by molar-refractivity contribution is 4.86. The Bertz CT molecular complexity index is 259. The first-order valence-corrected chi connectivity index (χ1v) is 8.29. The van der Waals surface area contributed by atoms with Crippen molar-refractivity contribution in [1.29, 1.82) is 0 Å². The molecule has 0 amide bonds. The Labute approximate surface area is 119 Å². The minimum atomic E-state index is 0.700. The van der Waals surface area contributed by atoms with Gasteiger partial charge in [-0.25, -0.2) is 0 Å². The van der Waals surface area contributed by atoms with Crippen LogP contribution in [0, 0.1) is 5.92 Å². The zero-order valence-electron chi connectivity index (χ0n) is 13.4. The summed E-state index contributed by atoms with van der Waals surface area (Å²) in [5.41, 5.74) is 0. The Balaban J connectivity index is 1.76. The monoisotopic (exact) mass is 267 g/mol. The fourth-order valence-electron chi connectivity index (χ4n) is 3.57. The highest BCUT2D eigenvalue weighted by Crippen LogP contribution is 2.18. The van der Waals surface area contributed by atoms with Gasteiger partial charge in [-0.3, -0.25) is 9.80 Å². The first kappa shape index (κ1) is 15.3. The van der Waals surface area contributed by atoms with Crippen LogP contribution in [-0.4, -0.2) is 60.6 Å². The van der Waals surface area contributed by atoms with Gasteiger partial charge >= 0.3 is 0 Å². The van der Waals surface area contributed by atoms with Gasteiger partial charge in [0.05, 0.1) is 0 Å². The summed E-state index contributed by atoms with van der Waals surface area (Å²) >= 11 is 0. The molecule has 0 bridgehead atoms. The van der Waals surface area contributed by atoms with Crippen LogP contribution in [-0.2, 0) is 0 Å². The van der Waals surface area contributed by atoms with Gasteiger partial charge in [-0.2, -0.15) is 0 Å². The molecule has 2 aliphatic heterocycles. The molecule has 1 N–H and O–H groups in total. The molecule has 0 aromatic heterocycles. The smallest absolute Gasteiger partial charge is 0.0243 e. The lowest BCUT2D eigenvalue weighted by Gasteiger charge is -2.32. The van der Waals surface area contributed by atoms with Crippen LogP contribution >= 0.6 is 0 Å². The van der Waals surface area contributed by atoms with E-state index in [0.717, 1.165) is 12.0 Å². The summed E-state index contributed by atoms with van der Waals surface area (Å²) in [5, 5.41) is 3.84. The van der Waals surface area contributed by atoms with E-state index in [4.69, 9.17) is 0 Å². The van der Waals surface area contributed by atoms with Gasteiger partial charge in [0.2, 0.25) is 0 Å². The molecule has 0 aromatic rings. The molecule has 19 heavy (non-hydrogen) atoms. The summed E-state index contributed by atoms with van der Waals surface area (Å²) in [7, 11) is 0. The molecule has 112 valence electrons. The average Bonchev–Trinajstić information content (AvgIpc) is 2.98. The topological polar surface area (TPSA) is 18.5 Å². The normalized spacial score (nSPS) is 27.8. The zero-order valence-corrected chi connectivity index (χ0v) is 13.4. The van der Waals surface area contributed by atoms with Gasteiger partial charge < -0.3 is 5.32 Å². The lowest BCUT2D eigenvalue weighted by Crippen LogP contribution is -2.47. The standard InChI is InChI=1S/C16H33N3/c1-13(2)16(18-8-5-6-9-18)11-17-15-7-10-19(12-15)14(3)4/h13-17H,5-12H2,1-4H3. The van der Waals surface area contributed by atoms with Crippen LogP contribution in [0.4, 0.5) is 0 Å². The Kier molecular flexibility index (Phi) is 5.67. The van der Waals surface area contributed by atoms with Crippen molar-refractivity contribution in [3.63, 3.8) is 0 Å². The minimum Gasteiger partial charge on any atom is -0.311 e. The fourth-order valence-corrected chi connectivity index (χ4v) is 3.57. The number of likely N-dealkylation sites (tertiary alicyclic amines) is 2. The van der Waals surface area contributed by atoms with Crippen LogP contribution in [0.25, 0.3) is 0 Å². The third kappa shape index (κ3) is 4.17. The quantitative estimate of drug-likeness (QED) is 0.796. The molecule has 2 fully saturated rings. The SMILES string of the molecule is CC(C)C(CNC1CCN(C(C)C)C1)N1CCCC1. The third-order valence-corrected chi connectivity index (χ3v) is 4.94. The van der Waals surface area contributed by atoms with E-state index in [1.54, 1.807) is 0 Å². The molecule has 2 saturated heterocycles. The van der Waals surface area contributed by atoms with E-state index in [2.05, 4.69) is 42.8 Å². The van der Waals surface area contributed by atoms with E-state index in [0.29, 0.717) is 12.1 Å². The van der Waals surface area contributed by atoms with E-state index in [1.807, 2.05) is 0 Å². The summed E-state index contributed by atoms with van der Waals surface area (Å²) in [6, 6.07) is 2.15. The fraction of sp³-hybridized carbons (Fsp3) is 1.00. The summed E-state index contributed by atoms with van der Waals surface area (Å²) in [6.07, 6.45) is 4.12. The van der Waals surface area contributed by atoms with Crippen LogP contribution in [0.1, 0.15) is 47.0 Å². The largest absolute Gasteiger partial charge is 0.311 e. The van der Waals surface area contributed by atoms with E-state index < -0.39 is 0 Å². The molecular weight excluding hydrogens is 234 g/mol. The van der Waals surface area contributed by atoms with Crippen molar-refractivity contribution in [1.82, 2.24) is 15.1 Å². The molecule has 0 aromatic carbocycles. The molecule has 0 saturated carbocycles. The molecule has 2 atom stereocenters. The molecule has 2 unspecified atom stereocenters. The number of hydrogen-bond donors (Lipinski definition) is 1. The molecule has 2 rings (SSSR count). The summed E-state index contributed by atoms with van der Waals surface area (Å²) < 4.78 is 0. The van der Waals surface area contributed by atoms with Gasteiger partial charge in [-0.15, -0.1) is 0 Å². The zero-order chi connectivity index (χ0) is 13.8. The Morgan fingerprint density at radius 3 is 2.21 bits per heavy atom. The number of nitrogens with zero attached hydrogens (tertiary/aromatic N) is 2. The maximum absolute atomic E-state index is 3.84.